The van der Waals surface area contributed by atoms with Crippen LogP contribution in [0.2, 0.25) is 0 Å². The van der Waals surface area contributed by atoms with Gasteiger partial charge in [-0.25, -0.2) is 9.67 Å². The van der Waals surface area contributed by atoms with Crippen molar-refractivity contribution in [3.05, 3.63) is 90.1 Å². The normalized spacial score (nSPS) is 14.9. The Balaban J connectivity index is 1.08. The second kappa shape index (κ2) is 11.3. The van der Waals surface area contributed by atoms with Crippen LogP contribution < -0.4 is 0 Å². The number of rotatable bonds is 7. The van der Waals surface area contributed by atoms with E-state index in [4.69, 9.17) is 4.42 Å². The van der Waals surface area contributed by atoms with Gasteiger partial charge in [-0.2, -0.15) is 8.78 Å². The minimum absolute atomic E-state index is 0.174. The van der Waals surface area contributed by atoms with Crippen LogP contribution in [0.1, 0.15) is 34.5 Å². The number of halogens is 2. The van der Waals surface area contributed by atoms with E-state index in [-0.39, 0.29) is 17.4 Å². The molecule has 222 valence electrons. The van der Waals surface area contributed by atoms with Crippen LogP contribution >= 0.6 is 0 Å². The number of nitrogens with zero attached hydrogens (tertiary/aromatic N) is 11. The molecule has 15 heteroatoms. The zero-order valence-corrected chi connectivity index (χ0v) is 23.4. The number of tetrazole rings is 1. The van der Waals surface area contributed by atoms with Gasteiger partial charge in [-0.3, -0.25) is 14.7 Å². The van der Waals surface area contributed by atoms with Crippen molar-refractivity contribution in [2.45, 2.75) is 12.6 Å². The molecule has 1 fully saturated rings. The summed E-state index contributed by atoms with van der Waals surface area (Å²) in [5.74, 6) is 0.316. The van der Waals surface area contributed by atoms with Gasteiger partial charge in [-0.1, -0.05) is 40.3 Å². The van der Waals surface area contributed by atoms with Gasteiger partial charge in [-0.05, 0) is 41.1 Å². The van der Waals surface area contributed by atoms with Crippen LogP contribution in [0.4, 0.5) is 8.78 Å². The first-order chi connectivity index (χ1) is 21.4. The Labute approximate surface area is 248 Å². The Morgan fingerprint density at radius 3 is 2.50 bits per heavy atom. The summed E-state index contributed by atoms with van der Waals surface area (Å²) in [7, 11) is 1.82. The van der Waals surface area contributed by atoms with Gasteiger partial charge < -0.3 is 9.32 Å². The highest BCUT2D eigenvalue weighted by molar-refractivity contribution is 5.93. The molecule has 6 aromatic rings. The zero-order chi connectivity index (χ0) is 30.2. The number of carbonyl (C=O) groups excluding carboxylic acids is 1. The summed E-state index contributed by atoms with van der Waals surface area (Å²) in [5.41, 5.74) is 4.75. The summed E-state index contributed by atoms with van der Waals surface area (Å²) >= 11 is 0. The predicted octanol–water partition coefficient (Wildman–Crippen LogP) is 3.61. The van der Waals surface area contributed by atoms with Gasteiger partial charge in [0.25, 0.3) is 5.91 Å². The number of piperazine rings is 1. The molecule has 13 nitrogen and oxygen atoms in total. The summed E-state index contributed by atoms with van der Waals surface area (Å²) < 4.78 is 34.0. The molecular weight excluding hydrogens is 572 g/mol. The van der Waals surface area contributed by atoms with Crippen molar-refractivity contribution in [1.29, 1.82) is 0 Å². The summed E-state index contributed by atoms with van der Waals surface area (Å²) in [6.45, 7) is -1.17. The lowest BCUT2D eigenvalue weighted by molar-refractivity contribution is 0.0385. The number of aromatic nitrogens is 9. The number of fused-ring (bicyclic) bond motifs is 1. The lowest BCUT2D eigenvalue weighted by Crippen LogP contribution is -2.50. The van der Waals surface area contributed by atoms with Gasteiger partial charge in [-0.15, -0.1) is 15.3 Å². The third kappa shape index (κ3) is 5.17. The fourth-order valence-corrected chi connectivity index (χ4v) is 5.37. The number of hydrogen-bond acceptors (Lipinski definition) is 10. The van der Waals surface area contributed by atoms with E-state index in [1.165, 1.54) is 0 Å². The number of alkyl halides is 2. The lowest BCUT2D eigenvalue weighted by atomic mass is 10.0. The molecule has 0 N–H and O–H groups in total. The number of benzene rings is 2. The number of carbonyl (C=O) groups is 1. The van der Waals surface area contributed by atoms with Crippen LogP contribution in [0.3, 0.4) is 0 Å². The summed E-state index contributed by atoms with van der Waals surface area (Å²) in [6.07, 6.45) is 3.24. The largest absolute Gasteiger partial charge is 0.436 e. The molecular formula is C29H25F2N11O2. The first-order valence-electron chi connectivity index (χ1n) is 13.8. The molecule has 44 heavy (non-hydrogen) atoms. The lowest BCUT2D eigenvalue weighted by Gasteiger charge is -2.38. The maximum Gasteiger partial charge on any atom is 0.350 e. The Morgan fingerprint density at radius 2 is 1.77 bits per heavy atom. The van der Waals surface area contributed by atoms with Crippen LogP contribution in [0.5, 0.6) is 0 Å². The van der Waals surface area contributed by atoms with Crippen molar-refractivity contribution in [3.63, 3.8) is 0 Å². The third-order valence-electron chi connectivity index (χ3n) is 7.57. The van der Waals surface area contributed by atoms with Crippen molar-refractivity contribution in [2.75, 3.05) is 26.2 Å². The molecule has 1 atom stereocenters. The molecule has 0 aliphatic carbocycles. The molecule has 0 unspecified atom stereocenters. The molecule has 1 aliphatic rings. The molecule has 0 radical (unpaired) electrons. The van der Waals surface area contributed by atoms with Crippen LogP contribution in [-0.2, 0) is 7.05 Å². The zero-order valence-electron chi connectivity index (χ0n) is 23.4. The fourth-order valence-electron chi connectivity index (χ4n) is 5.37. The predicted molar refractivity (Wildman–Crippen MR) is 152 cm³/mol. The van der Waals surface area contributed by atoms with E-state index in [1.807, 2.05) is 55.6 Å². The fraction of sp³-hybridized carbons (Fsp3) is 0.241. The standard InChI is InChI=1S/C29H25F2N11O2/c1-39-23(17-33-37-39)19-7-8-24-21(15-19)34-27(44-24)20-9-10-32-22(16-20)28(43)41-13-11-40(12-14-41)25(18-5-3-2-4-6-18)26-35-38-42(36-26)29(30)31/h2-10,15-17,25,29H,11-14H2,1H3/t25-/m0/s1. The monoisotopic (exact) mass is 597 g/mol. The quantitative estimate of drug-likeness (QED) is 0.268. The average molecular weight is 598 g/mol. The molecule has 1 saturated heterocycles. The van der Waals surface area contributed by atoms with Crippen molar-refractivity contribution >= 4 is 17.0 Å². The molecule has 0 saturated carbocycles. The number of hydrogen-bond donors (Lipinski definition) is 0. The highest BCUT2D eigenvalue weighted by atomic mass is 19.3. The van der Waals surface area contributed by atoms with E-state index in [2.05, 4.69) is 40.6 Å². The van der Waals surface area contributed by atoms with E-state index >= 15 is 0 Å². The van der Waals surface area contributed by atoms with Crippen molar-refractivity contribution < 1.29 is 18.0 Å². The van der Waals surface area contributed by atoms with E-state index in [9.17, 15) is 13.6 Å². The number of amides is 1. The highest BCUT2D eigenvalue weighted by Crippen LogP contribution is 2.30. The molecule has 7 rings (SSSR count). The van der Waals surface area contributed by atoms with Crippen LogP contribution in [0.25, 0.3) is 33.8 Å². The van der Waals surface area contributed by atoms with Gasteiger partial charge in [0.15, 0.2) is 11.4 Å². The second-order valence-corrected chi connectivity index (χ2v) is 10.3. The van der Waals surface area contributed by atoms with Crippen LogP contribution in [-0.4, -0.2) is 87.1 Å². The molecule has 1 amide bonds. The molecule has 0 bridgehead atoms. The van der Waals surface area contributed by atoms with Gasteiger partial charge in [0.05, 0.1) is 17.9 Å². The minimum atomic E-state index is -2.89. The molecule has 5 heterocycles. The molecule has 4 aromatic heterocycles. The Bertz CT molecular complexity index is 1930. The number of aryl methyl sites for hydroxylation is 1. The van der Waals surface area contributed by atoms with Crippen molar-refractivity contribution in [3.8, 4) is 22.7 Å². The SMILES string of the molecule is Cn1nncc1-c1ccc2oc(-c3ccnc(C(=O)N4CCN([C@@H](c5ccccc5)c5nnn(C(F)F)n5)CC4)c3)nc2c1. The maximum absolute atomic E-state index is 13.5. The van der Waals surface area contributed by atoms with E-state index < -0.39 is 12.6 Å². The molecule has 2 aromatic carbocycles. The van der Waals surface area contributed by atoms with Crippen molar-refractivity contribution in [2.24, 2.45) is 7.05 Å². The maximum atomic E-state index is 13.5. The van der Waals surface area contributed by atoms with Gasteiger partial charge >= 0.3 is 6.55 Å². The first-order valence-corrected chi connectivity index (χ1v) is 13.8. The number of pyridine rings is 1. The third-order valence-corrected chi connectivity index (χ3v) is 7.57. The minimum Gasteiger partial charge on any atom is -0.436 e. The molecule has 0 spiro atoms. The molecule has 1 aliphatic heterocycles. The average Bonchev–Trinajstić information content (AvgIpc) is 3.82. The summed E-state index contributed by atoms with van der Waals surface area (Å²) in [5, 5.41) is 19.3. The smallest absolute Gasteiger partial charge is 0.350 e. The first kappa shape index (κ1) is 27.4. The second-order valence-electron chi connectivity index (χ2n) is 10.3. The Kier molecular flexibility index (Phi) is 7.06. The Hall–Kier alpha value is -5.44. The van der Waals surface area contributed by atoms with E-state index in [1.54, 1.807) is 34.1 Å². The Morgan fingerprint density at radius 1 is 0.955 bits per heavy atom. The summed E-state index contributed by atoms with van der Waals surface area (Å²) in [6, 6.07) is 18.0. The van der Waals surface area contributed by atoms with Gasteiger partial charge in [0, 0.05) is 50.6 Å². The van der Waals surface area contributed by atoms with Gasteiger partial charge in [0.1, 0.15) is 11.2 Å². The number of oxazole rings is 1. The van der Waals surface area contributed by atoms with Gasteiger partial charge in [0.2, 0.25) is 5.89 Å². The summed E-state index contributed by atoms with van der Waals surface area (Å²) in [4.78, 5) is 26.6. The van der Waals surface area contributed by atoms with Crippen molar-refractivity contribution in [1.82, 2.24) is 55.0 Å². The topological polar surface area (TPSA) is 137 Å². The van der Waals surface area contributed by atoms with Crippen LogP contribution in [0, 0.1) is 0 Å². The van der Waals surface area contributed by atoms with E-state index in [0.717, 1.165) is 16.8 Å². The van der Waals surface area contributed by atoms with Crippen LogP contribution in [0.15, 0.2) is 77.5 Å². The highest BCUT2D eigenvalue weighted by Gasteiger charge is 2.32. The van der Waals surface area contributed by atoms with E-state index in [0.29, 0.717) is 53.5 Å².